The van der Waals surface area contributed by atoms with Gasteiger partial charge in [-0.25, -0.2) is 9.18 Å². The van der Waals surface area contributed by atoms with E-state index in [1.807, 2.05) is 0 Å². The monoisotopic (exact) mass is 311 g/mol. The Bertz CT molecular complexity index is 448. The van der Waals surface area contributed by atoms with Gasteiger partial charge in [0.1, 0.15) is 11.6 Å². The molecule has 20 heavy (non-hydrogen) atoms. The molecule has 0 aromatic carbocycles. The van der Waals surface area contributed by atoms with Crippen LogP contribution in [0, 0.1) is 11.3 Å². The fourth-order valence-electron chi connectivity index (χ4n) is 0.960. The maximum Gasteiger partial charge on any atom is 0.392 e. The van der Waals surface area contributed by atoms with E-state index in [4.69, 9.17) is 10.4 Å². The van der Waals surface area contributed by atoms with Crippen LogP contribution in [0.2, 0.25) is 0 Å². The lowest BCUT2D eigenvalue weighted by atomic mass is 10.0. The minimum absolute atomic E-state index is 0.620. The molecule has 0 heterocycles. The highest BCUT2D eigenvalue weighted by molar-refractivity contribution is 5.91. The van der Waals surface area contributed by atoms with Crippen LogP contribution in [0.3, 0.4) is 0 Å². The summed E-state index contributed by atoms with van der Waals surface area (Å²) in [5.41, 5.74) is -1.85. The lowest BCUT2D eigenvalue weighted by Gasteiger charge is -2.27. The zero-order chi connectivity index (χ0) is 16.4. The van der Waals surface area contributed by atoms with Crippen LogP contribution < -0.4 is 0 Å². The van der Waals surface area contributed by atoms with Crippen LogP contribution in [0.4, 0.5) is 35.1 Å². The SMILES string of the molecule is N#CC(=CC(F)(F)C(F)(F)C(F)CC(F)(F)F)C(=O)O. The molecule has 0 aromatic rings. The lowest BCUT2D eigenvalue weighted by molar-refractivity contribution is -0.239. The molecule has 0 bridgehead atoms. The molecular weight excluding hydrogens is 306 g/mol. The first-order valence-corrected chi connectivity index (χ1v) is 4.57. The number of halogens is 8. The van der Waals surface area contributed by atoms with Gasteiger partial charge in [-0.05, 0) is 0 Å². The quantitative estimate of drug-likeness (QED) is 0.482. The minimum atomic E-state index is -5.83. The van der Waals surface area contributed by atoms with Gasteiger partial charge in [0.25, 0.3) is 0 Å². The third-order valence-electron chi connectivity index (χ3n) is 1.92. The van der Waals surface area contributed by atoms with Gasteiger partial charge < -0.3 is 5.11 Å². The first kappa shape index (κ1) is 18.1. The van der Waals surface area contributed by atoms with Crippen molar-refractivity contribution in [3.63, 3.8) is 0 Å². The Kier molecular flexibility index (Phi) is 5.11. The first-order chi connectivity index (χ1) is 8.74. The van der Waals surface area contributed by atoms with Gasteiger partial charge in [0.05, 0.1) is 6.42 Å². The van der Waals surface area contributed by atoms with Crippen molar-refractivity contribution in [1.82, 2.24) is 0 Å². The van der Waals surface area contributed by atoms with E-state index < -0.39 is 48.2 Å². The van der Waals surface area contributed by atoms with Gasteiger partial charge in [0.2, 0.25) is 0 Å². The molecule has 0 aliphatic heterocycles. The zero-order valence-corrected chi connectivity index (χ0v) is 9.19. The number of nitrogens with zero attached hydrogens (tertiary/aromatic N) is 1. The Morgan fingerprint density at radius 3 is 1.95 bits per heavy atom. The molecule has 11 heteroatoms. The summed E-state index contributed by atoms with van der Waals surface area (Å²) in [5, 5.41) is 16.3. The summed E-state index contributed by atoms with van der Waals surface area (Å²) < 4.78 is 99.6. The second kappa shape index (κ2) is 5.64. The second-order valence-corrected chi connectivity index (χ2v) is 3.51. The van der Waals surface area contributed by atoms with Crippen LogP contribution in [0.15, 0.2) is 11.6 Å². The van der Waals surface area contributed by atoms with Gasteiger partial charge in [-0.3, -0.25) is 0 Å². The predicted molar refractivity (Wildman–Crippen MR) is 46.8 cm³/mol. The second-order valence-electron chi connectivity index (χ2n) is 3.51. The van der Waals surface area contributed by atoms with Gasteiger partial charge in [-0.1, -0.05) is 0 Å². The summed E-state index contributed by atoms with van der Waals surface area (Å²) in [6, 6.07) is 0.620. The highest BCUT2D eigenvalue weighted by atomic mass is 19.4. The maximum absolute atomic E-state index is 13.0. The highest BCUT2D eigenvalue weighted by Gasteiger charge is 2.62. The number of carboxylic acid groups (broad SMARTS) is 1. The van der Waals surface area contributed by atoms with Gasteiger partial charge in [0.15, 0.2) is 6.17 Å². The highest BCUT2D eigenvalue weighted by Crippen LogP contribution is 2.43. The summed E-state index contributed by atoms with van der Waals surface area (Å²) in [7, 11) is 0. The van der Waals surface area contributed by atoms with Crippen molar-refractivity contribution in [1.29, 1.82) is 5.26 Å². The van der Waals surface area contributed by atoms with E-state index in [-0.39, 0.29) is 0 Å². The average Bonchev–Trinajstić information content (AvgIpc) is 2.22. The van der Waals surface area contributed by atoms with Crippen molar-refractivity contribution in [2.75, 3.05) is 0 Å². The largest absolute Gasteiger partial charge is 0.477 e. The Balaban J connectivity index is 5.47. The van der Waals surface area contributed by atoms with Crippen LogP contribution in [0.1, 0.15) is 6.42 Å². The molecule has 0 aliphatic rings. The van der Waals surface area contributed by atoms with E-state index in [1.54, 1.807) is 0 Å². The average molecular weight is 311 g/mol. The summed E-state index contributed by atoms with van der Waals surface area (Å²) in [4.78, 5) is 10.2. The summed E-state index contributed by atoms with van der Waals surface area (Å²) >= 11 is 0. The molecule has 0 saturated carbocycles. The van der Waals surface area contributed by atoms with Gasteiger partial charge >= 0.3 is 24.0 Å². The number of rotatable bonds is 5. The fourth-order valence-corrected chi connectivity index (χ4v) is 0.960. The van der Waals surface area contributed by atoms with Crippen LogP contribution >= 0.6 is 0 Å². The fraction of sp³-hybridized carbons (Fsp3) is 0.556. The molecule has 1 unspecified atom stereocenters. The minimum Gasteiger partial charge on any atom is -0.477 e. The molecule has 0 saturated heterocycles. The van der Waals surface area contributed by atoms with Gasteiger partial charge in [-0.15, -0.1) is 0 Å². The van der Waals surface area contributed by atoms with Crippen LogP contribution in [0.5, 0.6) is 0 Å². The summed E-state index contributed by atoms with van der Waals surface area (Å²) in [6.45, 7) is 0. The van der Waals surface area contributed by atoms with E-state index in [9.17, 15) is 39.9 Å². The number of hydrogen-bond donors (Lipinski definition) is 1. The molecule has 3 nitrogen and oxygen atoms in total. The van der Waals surface area contributed by atoms with Crippen molar-refractivity contribution >= 4 is 5.97 Å². The normalized spacial score (nSPS) is 15.7. The van der Waals surface area contributed by atoms with Crippen molar-refractivity contribution < 1.29 is 45.0 Å². The van der Waals surface area contributed by atoms with E-state index in [2.05, 4.69) is 0 Å². The van der Waals surface area contributed by atoms with E-state index in [0.717, 1.165) is 0 Å². The number of nitriles is 1. The first-order valence-electron chi connectivity index (χ1n) is 4.57. The van der Waals surface area contributed by atoms with Crippen molar-refractivity contribution in [2.45, 2.75) is 30.6 Å². The molecule has 0 fully saturated rings. The molecule has 0 aliphatic carbocycles. The van der Waals surface area contributed by atoms with Crippen molar-refractivity contribution in [3.05, 3.63) is 11.6 Å². The molecule has 114 valence electrons. The lowest BCUT2D eigenvalue weighted by Crippen LogP contribution is -2.48. The summed E-state index contributed by atoms with van der Waals surface area (Å²) in [6.07, 6.45) is -13.7. The number of carboxylic acids is 1. The molecular formula is C9H5F8NO2. The van der Waals surface area contributed by atoms with Crippen molar-refractivity contribution in [3.8, 4) is 6.07 Å². The number of alkyl halides is 8. The van der Waals surface area contributed by atoms with Crippen LogP contribution in [-0.4, -0.2) is 35.3 Å². The standard InChI is InChI=1S/C9H5F8NO2/c10-5(2-8(13,14)15)9(16,17)7(11,12)1-4(3-18)6(19)20/h1,5H,2H2,(H,19,20). The van der Waals surface area contributed by atoms with E-state index >= 15 is 0 Å². The van der Waals surface area contributed by atoms with Gasteiger partial charge in [-0.2, -0.15) is 36.0 Å². The number of hydrogen-bond acceptors (Lipinski definition) is 2. The van der Waals surface area contributed by atoms with E-state index in [1.165, 1.54) is 0 Å². The topological polar surface area (TPSA) is 61.1 Å². The third-order valence-corrected chi connectivity index (χ3v) is 1.92. The van der Waals surface area contributed by atoms with E-state index in [0.29, 0.717) is 6.07 Å². The predicted octanol–water partition coefficient (Wildman–Crippen LogP) is 3.08. The molecule has 1 N–H and O–H groups in total. The molecule has 0 rings (SSSR count). The number of allylic oxidation sites excluding steroid dienone is 1. The van der Waals surface area contributed by atoms with Crippen LogP contribution in [0.25, 0.3) is 0 Å². The Labute approximate surface area is 106 Å². The Morgan fingerprint density at radius 2 is 1.65 bits per heavy atom. The van der Waals surface area contributed by atoms with Crippen molar-refractivity contribution in [2.24, 2.45) is 0 Å². The van der Waals surface area contributed by atoms with Crippen LogP contribution in [-0.2, 0) is 4.79 Å². The molecule has 0 radical (unpaired) electrons. The summed E-state index contributed by atoms with van der Waals surface area (Å²) in [5.74, 6) is -13.7. The molecule has 1 atom stereocenters. The smallest absolute Gasteiger partial charge is 0.392 e. The third kappa shape index (κ3) is 4.36. The Hall–Kier alpha value is -1.86. The Morgan fingerprint density at radius 1 is 1.20 bits per heavy atom. The number of carbonyl (C=O) groups is 1. The zero-order valence-electron chi connectivity index (χ0n) is 9.19. The molecule has 0 amide bonds. The number of aliphatic carboxylic acids is 1. The molecule has 0 spiro atoms. The van der Waals surface area contributed by atoms with Gasteiger partial charge in [0, 0.05) is 6.08 Å². The molecule has 0 aromatic heterocycles. The maximum atomic E-state index is 13.0.